The van der Waals surface area contributed by atoms with Gasteiger partial charge in [0.05, 0.1) is 23.8 Å². The molecular weight excluding hydrogens is 461 g/mol. The SMILES string of the molecule is O=C(c1cccs1)N(CC1C2CN(CC3CCCCC3)CC21)c1ccc(N2CCOCC2)c(F)c1. The Balaban J connectivity index is 1.14. The van der Waals surface area contributed by atoms with Gasteiger partial charge in [0.15, 0.2) is 0 Å². The van der Waals surface area contributed by atoms with Crippen LogP contribution >= 0.6 is 11.3 Å². The number of fused-ring (bicyclic) bond motifs is 1. The second-order valence-electron chi connectivity index (χ2n) is 10.8. The predicted octanol–water partition coefficient (Wildman–Crippen LogP) is 5.13. The number of carbonyl (C=O) groups excluding carboxylic acids is 1. The van der Waals surface area contributed by atoms with Gasteiger partial charge in [0.25, 0.3) is 5.91 Å². The van der Waals surface area contributed by atoms with Crippen molar-refractivity contribution < 1.29 is 13.9 Å². The van der Waals surface area contributed by atoms with Crippen LogP contribution in [0.15, 0.2) is 35.7 Å². The van der Waals surface area contributed by atoms with Crippen molar-refractivity contribution in [2.45, 2.75) is 32.1 Å². The molecule has 1 aromatic heterocycles. The number of carbonyl (C=O) groups is 1. The minimum absolute atomic E-state index is 0.0115. The molecule has 2 aliphatic heterocycles. The van der Waals surface area contributed by atoms with Crippen molar-refractivity contribution in [2.75, 3.05) is 62.3 Å². The number of hydrogen-bond donors (Lipinski definition) is 0. The molecule has 4 fully saturated rings. The molecular formula is C28H36FN3O2S. The van der Waals surface area contributed by atoms with Crippen molar-refractivity contribution in [1.82, 2.24) is 4.90 Å². The van der Waals surface area contributed by atoms with E-state index in [1.54, 1.807) is 6.07 Å². The highest BCUT2D eigenvalue weighted by Crippen LogP contribution is 2.52. The summed E-state index contributed by atoms with van der Waals surface area (Å²) >= 11 is 1.46. The van der Waals surface area contributed by atoms with Crippen LogP contribution in [0, 0.1) is 29.5 Å². The molecule has 2 atom stereocenters. The maximum atomic E-state index is 15.2. The molecule has 6 rings (SSSR count). The Hall–Kier alpha value is -1.96. The predicted molar refractivity (Wildman–Crippen MR) is 139 cm³/mol. The number of amides is 1. The van der Waals surface area contributed by atoms with Crippen LogP contribution in [0.2, 0.25) is 0 Å². The number of hydrogen-bond acceptors (Lipinski definition) is 5. The quantitative estimate of drug-likeness (QED) is 0.532. The maximum absolute atomic E-state index is 15.2. The Labute approximate surface area is 211 Å². The summed E-state index contributed by atoms with van der Waals surface area (Å²) in [4.78, 5) is 20.7. The molecule has 2 unspecified atom stereocenters. The standard InChI is InChI=1S/C28H36FN3O2S/c29-25-15-21(8-9-26(25)31-10-12-34-13-11-31)32(28(33)27-7-4-14-35-27)19-24-22-17-30(18-23(22)24)16-20-5-2-1-3-6-20/h4,7-9,14-15,20,22-24H,1-3,5-6,10-13,16-19H2. The zero-order chi connectivity index (χ0) is 23.8. The minimum atomic E-state index is -0.261. The number of benzene rings is 1. The van der Waals surface area contributed by atoms with Gasteiger partial charge in [-0.3, -0.25) is 4.79 Å². The zero-order valence-electron chi connectivity index (χ0n) is 20.4. The van der Waals surface area contributed by atoms with E-state index in [9.17, 15) is 4.79 Å². The summed E-state index contributed by atoms with van der Waals surface area (Å²) in [7, 11) is 0. The lowest BCUT2D eigenvalue weighted by atomic mass is 9.89. The monoisotopic (exact) mass is 497 g/mol. The smallest absolute Gasteiger partial charge is 0.268 e. The Morgan fingerprint density at radius 2 is 1.86 bits per heavy atom. The van der Waals surface area contributed by atoms with Crippen molar-refractivity contribution in [3.8, 4) is 0 Å². The first-order chi connectivity index (χ1) is 17.2. The number of morpholine rings is 1. The molecule has 4 aliphatic rings. The summed E-state index contributed by atoms with van der Waals surface area (Å²) in [5, 5.41) is 1.93. The minimum Gasteiger partial charge on any atom is -0.378 e. The van der Waals surface area contributed by atoms with E-state index in [1.165, 1.54) is 50.0 Å². The first kappa shape index (κ1) is 23.4. The van der Waals surface area contributed by atoms with E-state index < -0.39 is 0 Å². The third-order valence-electron chi connectivity index (χ3n) is 8.65. The molecule has 1 amide bonds. The summed E-state index contributed by atoms with van der Waals surface area (Å²) < 4.78 is 20.6. The lowest BCUT2D eigenvalue weighted by Gasteiger charge is -2.30. The molecule has 188 valence electrons. The number of nitrogens with zero attached hydrogens (tertiary/aromatic N) is 3. The topological polar surface area (TPSA) is 36.0 Å². The van der Waals surface area contributed by atoms with E-state index in [4.69, 9.17) is 4.74 Å². The lowest BCUT2D eigenvalue weighted by Crippen LogP contribution is -2.37. The average molecular weight is 498 g/mol. The van der Waals surface area contributed by atoms with Gasteiger partial charge in [0.2, 0.25) is 0 Å². The van der Waals surface area contributed by atoms with Crippen LogP contribution in [-0.4, -0.2) is 63.3 Å². The third-order valence-corrected chi connectivity index (χ3v) is 9.51. The van der Waals surface area contributed by atoms with Gasteiger partial charge >= 0.3 is 0 Å². The van der Waals surface area contributed by atoms with Crippen molar-refractivity contribution in [3.05, 3.63) is 46.4 Å². The number of halogens is 1. The molecule has 0 spiro atoms. The van der Waals surface area contributed by atoms with E-state index in [1.807, 2.05) is 39.4 Å². The molecule has 0 bridgehead atoms. The van der Waals surface area contributed by atoms with Crippen LogP contribution in [0.4, 0.5) is 15.8 Å². The fourth-order valence-corrected chi connectivity index (χ4v) is 7.34. The Morgan fingerprint density at radius 1 is 1.09 bits per heavy atom. The van der Waals surface area contributed by atoms with E-state index in [0.29, 0.717) is 66.9 Å². The van der Waals surface area contributed by atoms with Gasteiger partial charge in [-0.15, -0.1) is 11.3 Å². The van der Waals surface area contributed by atoms with Crippen LogP contribution in [0.3, 0.4) is 0 Å². The summed E-state index contributed by atoms with van der Waals surface area (Å²) in [6, 6.07) is 9.10. The van der Waals surface area contributed by atoms with Crippen LogP contribution in [0.1, 0.15) is 41.8 Å². The van der Waals surface area contributed by atoms with Crippen molar-refractivity contribution in [1.29, 1.82) is 0 Å². The van der Waals surface area contributed by atoms with Crippen LogP contribution in [-0.2, 0) is 4.74 Å². The van der Waals surface area contributed by atoms with Gasteiger partial charge < -0.3 is 19.4 Å². The molecule has 2 saturated heterocycles. The largest absolute Gasteiger partial charge is 0.378 e. The highest BCUT2D eigenvalue weighted by atomic mass is 32.1. The molecule has 1 aromatic carbocycles. The van der Waals surface area contributed by atoms with Crippen LogP contribution in [0.5, 0.6) is 0 Å². The molecule has 35 heavy (non-hydrogen) atoms. The van der Waals surface area contributed by atoms with Gasteiger partial charge in [-0.1, -0.05) is 25.3 Å². The number of likely N-dealkylation sites (tertiary alicyclic amines) is 1. The fraction of sp³-hybridized carbons (Fsp3) is 0.607. The number of ether oxygens (including phenoxy) is 1. The number of anilines is 2. The summed E-state index contributed by atoms with van der Waals surface area (Å²) in [5.41, 5.74) is 1.27. The second kappa shape index (κ2) is 10.2. The summed E-state index contributed by atoms with van der Waals surface area (Å²) in [5.74, 6) is 2.48. The van der Waals surface area contributed by atoms with Gasteiger partial charge in [0.1, 0.15) is 5.82 Å². The molecule has 0 radical (unpaired) electrons. The number of thiophene rings is 1. The van der Waals surface area contributed by atoms with Crippen molar-refractivity contribution in [2.24, 2.45) is 23.7 Å². The first-order valence-corrected chi connectivity index (χ1v) is 14.3. The highest BCUT2D eigenvalue weighted by molar-refractivity contribution is 7.12. The fourth-order valence-electron chi connectivity index (χ4n) is 6.67. The van der Waals surface area contributed by atoms with Gasteiger partial charge in [0, 0.05) is 45.0 Å². The first-order valence-electron chi connectivity index (χ1n) is 13.4. The number of rotatable bonds is 7. The van der Waals surface area contributed by atoms with Crippen molar-refractivity contribution >= 4 is 28.6 Å². The molecule has 0 N–H and O–H groups in total. The van der Waals surface area contributed by atoms with E-state index >= 15 is 4.39 Å². The van der Waals surface area contributed by atoms with Crippen molar-refractivity contribution in [3.63, 3.8) is 0 Å². The molecule has 5 nitrogen and oxygen atoms in total. The Morgan fingerprint density at radius 3 is 2.54 bits per heavy atom. The zero-order valence-corrected chi connectivity index (χ0v) is 21.2. The third kappa shape index (κ3) is 5.00. The molecule has 2 aliphatic carbocycles. The van der Waals surface area contributed by atoms with E-state index in [2.05, 4.69) is 4.90 Å². The maximum Gasteiger partial charge on any atom is 0.268 e. The molecule has 2 saturated carbocycles. The molecule has 7 heteroatoms. The van der Waals surface area contributed by atoms with Gasteiger partial charge in [-0.2, -0.15) is 0 Å². The lowest BCUT2D eigenvalue weighted by molar-refractivity contribution is 0.0987. The van der Waals surface area contributed by atoms with Crippen LogP contribution in [0.25, 0.3) is 0 Å². The van der Waals surface area contributed by atoms with E-state index in [-0.39, 0.29) is 11.7 Å². The van der Waals surface area contributed by atoms with E-state index in [0.717, 1.165) is 19.0 Å². The van der Waals surface area contributed by atoms with Gasteiger partial charge in [-0.05, 0) is 66.2 Å². The van der Waals surface area contributed by atoms with Gasteiger partial charge in [-0.25, -0.2) is 4.39 Å². The van der Waals surface area contributed by atoms with Crippen LogP contribution < -0.4 is 9.80 Å². The highest BCUT2D eigenvalue weighted by Gasteiger charge is 2.56. The Kier molecular flexibility index (Phi) is 6.82. The Bertz CT molecular complexity index is 1010. The molecule has 2 aromatic rings. The average Bonchev–Trinajstić information content (AvgIpc) is 3.27. The second-order valence-corrected chi connectivity index (χ2v) is 11.8. The summed E-state index contributed by atoms with van der Waals surface area (Å²) in [6.45, 7) is 6.88. The summed E-state index contributed by atoms with van der Waals surface area (Å²) in [6.07, 6.45) is 6.99. The molecule has 3 heterocycles. The number of piperidine rings is 1. The normalized spacial score (nSPS) is 27.1.